The van der Waals surface area contributed by atoms with Crippen molar-refractivity contribution in [2.24, 2.45) is 16.8 Å². The maximum atomic E-state index is 13.8. The Bertz CT molecular complexity index is 1720. The van der Waals surface area contributed by atoms with E-state index in [0.29, 0.717) is 31.5 Å². The molecule has 0 saturated carbocycles. The molecule has 13 heteroatoms. The Hall–Kier alpha value is -4.49. The smallest absolute Gasteiger partial charge is 0.249 e. The highest BCUT2D eigenvalue weighted by atomic mass is 32.1. The van der Waals surface area contributed by atoms with Crippen LogP contribution in [0.4, 0.5) is 5.69 Å². The lowest BCUT2D eigenvalue weighted by Gasteiger charge is -2.35. The van der Waals surface area contributed by atoms with Crippen molar-refractivity contribution in [2.75, 3.05) is 4.90 Å². The van der Waals surface area contributed by atoms with Crippen LogP contribution in [0.15, 0.2) is 52.8 Å². The Balaban J connectivity index is 1.17. The number of carbonyl (C=O) groups is 3. The van der Waals surface area contributed by atoms with Gasteiger partial charge in [-0.25, -0.2) is 4.99 Å². The molecule has 4 N–H and O–H groups in total. The van der Waals surface area contributed by atoms with Gasteiger partial charge in [0, 0.05) is 23.0 Å². The largest absolute Gasteiger partial charge is 0.371 e. The zero-order valence-electron chi connectivity index (χ0n) is 25.1. The summed E-state index contributed by atoms with van der Waals surface area (Å²) in [4.78, 5) is 46.0. The zero-order valence-corrected chi connectivity index (χ0v) is 26.0. The number of nitrogens with one attached hydrogen (secondary N) is 3. The number of aryl methyl sites for hydroxylation is 1. The van der Waals surface area contributed by atoms with E-state index in [0.717, 1.165) is 32.5 Å². The maximum absolute atomic E-state index is 13.8. The van der Waals surface area contributed by atoms with Gasteiger partial charge in [-0.3, -0.25) is 14.4 Å². The first-order valence-electron chi connectivity index (χ1n) is 15.2. The van der Waals surface area contributed by atoms with E-state index in [4.69, 9.17) is 0 Å². The summed E-state index contributed by atoms with van der Waals surface area (Å²) in [5.41, 5.74) is 3.75. The topological polar surface area (TPSA) is 166 Å². The lowest BCUT2D eigenvalue weighted by atomic mass is 9.91. The van der Waals surface area contributed by atoms with Crippen LogP contribution in [0.25, 0.3) is 10.1 Å². The van der Waals surface area contributed by atoms with Crippen LogP contribution >= 0.6 is 11.3 Å². The summed E-state index contributed by atoms with van der Waals surface area (Å²) >= 11 is 1.59. The number of fused-ring (bicyclic) bond motifs is 1. The van der Waals surface area contributed by atoms with E-state index in [1.54, 1.807) is 16.2 Å². The van der Waals surface area contributed by atoms with Crippen LogP contribution in [0.1, 0.15) is 49.2 Å². The molecule has 5 atom stereocenters. The molecule has 0 saturated heterocycles. The number of para-hydroxylation sites is 1. The van der Waals surface area contributed by atoms with E-state index in [1.165, 1.54) is 6.21 Å². The number of benzene rings is 2. The number of tetrazole rings is 1. The summed E-state index contributed by atoms with van der Waals surface area (Å²) in [5.74, 6) is -1.32. The standard InChI is InChI=1S/C32H36N8O4S/c1-3-18(2)23(15-33-28(41)14-21-17-45-26-10-5-4-9-22(21)26)30(42)35-24-12-11-19-7-6-8-20-13-25(40(29(19)20)32(24)44)31(43)34-16-27-36-38-39-37-27/h4-10,15,17-18,23-25,32,44H,3,11-14,16H2,1-2H3,(H,34,43)(H,35,42)(H,36,37,38,39). The molecule has 0 bridgehead atoms. The van der Waals surface area contributed by atoms with Crippen LogP contribution < -0.4 is 15.5 Å². The highest BCUT2D eigenvalue weighted by molar-refractivity contribution is 7.17. The van der Waals surface area contributed by atoms with Gasteiger partial charge in [0.15, 0.2) is 5.82 Å². The maximum Gasteiger partial charge on any atom is 0.249 e. The lowest BCUT2D eigenvalue weighted by molar-refractivity contribution is -0.125. The van der Waals surface area contributed by atoms with Gasteiger partial charge >= 0.3 is 0 Å². The summed E-state index contributed by atoms with van der Waals surface area (Å²) < 4.78 is 1.11. The monoisotopic (exact) mass is 628 g/mol. The molecule has 0 fully saturated rings. The Morgan fingerprint density at radius 1 is 1.20 bits per heavy atom. The fourth-order valence-electron chi connectivity index (χ4n) is 6.23. The molecular formula is C32H36N8O4S. The second-order valence-electron chi connectivity index (χ2n) is 11.7. The average Bonchev–Trinajstić information content (AvgIpc) is 3.79. The number of carbonyl (C=O) groups excluding carboxylic acids is 3. The number of H-pyrrole nitrogens is 1. The summed E-state index contributed by atoms with van der Waals surface area (Å²) in [6.45, 7) is 4.03. The van der Waals surface area contributed by atoms with Crippen LogP contribution in [0.3, 0.4) is 0 Å². The summed E-state index contributed by atoms with van der Waals surface area (Å²) in [5, 5.41) is 34.3. The van der Waals surface area contributed by atoms with Crippen molar-refractivity contribution in [3.8, 4) is 0 Å². The lowest BCUT2D eigenvalue weighted by Crippen LogP contribution is -2.57. The van der Waals surface area contributed by atoms with E-state index < -0.39 is 24.2 Å². The minimum atomic E-state index is -1.15. The summed E-state index contributed by atoms with van der Waals surface area (Å²) in [6, 6.07) is 12.5. The molecule has 4 aromatic rings. The van der Waals surface area contributed by atoms with Gasteiger partial charge in [-0.05, 0) is 52.3 Å². The third kappa shape index (κ3) is 6.36. The molecule has 3 amide bonds. The van der Waals surface area contributed by atoms with Crippen molar-refractivity contribution in [2.45, 2.75) is 70.8 Å². The number of nitrogens with zero attached hydrogens (tertiary/aromatic N) is 5. The number of aliphatic hydroxyl groups is 1. The Morgan fingerprint density at radius 3 is 2.82 bits per heavy atom. The number of hydrogen-bond acceptors (Lipinski definition) is 9. The van der Waals surface area contributed by atoms with Crippen molar-refractivity contribution < 1.29 is 19.5 Å². The number of aliphatic hydroxyl groups excluding tert-OH is 1. The first-order chi connectivity index (χ1) is 21.8. The molecule has 0 radical (unpaired) electrons. The minimum absolute atomic E-state index is 0.0919. The molecule has 45 heavy (non-hydrogen) atoms. The Labute approximate surface area is 264 Å². The Morgan fingerprint density at radius 2 is 2.02 bits per heavy atom. The number of amides is 3. The molecule has 6 rings (SSSR count). The van der Waals surface area contributed by atoms with Crippen LogP contribution in [0.2, 0.25) is 0 Å². The number of aliphatic imine (C=N–C) groups is 1. The van der Waals surface area contributed by atoms with Crippen molar-refractivity contribution in [1.82, 2.24) is 31.3 Å². The van der Waals surface area contributed by atoms with Crippen LogP contribution in [0.5, 0.6) is 0 Å². The van der Waals surface area contributed by atoms with Gasteiger partial charge < -0.3 is 20.6 Å². The molecule has 0 aliphatic carbocycles. The molecule has 4 heterocycles. The van der Waals surface area contributed by atoms with Gasteiger partial charge in [0.1, 0.15) is 12.3 Å². The average molecular weight is 629 g/mol. The number of anilines is 1. The van der Waals surface area contributed by atoms with Gasteiger partial charge in [-0.1, -0.05) is 61.9 Å². The molecule has 2 aromatic heterocycles. The van der Waals surface area contributed by atoms with Crippen molar-refractivity contribution in [3.63, 3.8) is 0 Å². The van der Waals surface area contributed by atoms with E-state index in [9.17, 15) is 19.5 Å². The second-order valence-corrected chi connectivity index (χ2v) is 12.6. The minimum Gasteiger partial charge on any atom is -0.371 e. The number of rotatable bonds is 10. The fraction of sp³-hybridized carbons (Fsp3) is 0.406. The molecule has 2 aliphatic rings. The molecule has 2 aromatic carbocycles. The fourth-order valence-corrected chi connectivity index (χ4v) is 7.19. The van der Waals surface area contributed by atoms with E-state index in [1.807, 2.05) is 61.7 Å². The van der Waals surface area contributed by atoms with Crippen molar-refractivity contribution in [1.29, 1.82) is 0 Å². The van der Waals surface area contributed by atoms with Gasteiger partial charge in [0.05, 0.1) is 24.9 Å². The first-order valence-corrected chi connectivity index (χ1v) is 16.1. The van der Waals surface area contributed by atoms with Crippen LogP contribution in [-0.2, 0) is 40.2 Å². The Kier molecular flexibility index (Phi) is 8.99. The number of hydrogen-bond donors (Lipinski definition) is 4. The molecule has 234 valence electrons. The zero-order chi connectivity index (χ0) is 31.5. The number of aromatic amines is 1. The van der Waals surface area contributed by atoms with Gasteiger partial charge in [0.25, 0.3) is 0 Å². The van der Waals surface area contributed by atoms with Gasteiger partial charge in [-0.15, -0.1) is 21.5 Å². The van der Waals surface area contributed by atoms with Gasteiger partial charge in [-0.2, -0.15) is 5.21 Å². The number of aromatic nitrogens is 4. The summed E-state index contributed by atoms with van der Waals surface area (Å²) in [6.07, 6.45) is 2.68. The SMILES string of the molecule is CCC(C)C(C=NC(=O)Cc1csc2ccccc12)C(=O)NC1CCc2cccc3c2N(C(C(=O)NCc2nn[nH]n2)C3)C1O. The normalized spacial score (nSPS) is 20.5. The quantitative estimate of drug-likeness (QED) is 0.195. The van der Waals surface area contributed by atoms with E-state index in [-0.39, 0.29) is 36.6 Å². The number of thiophene rings is 1. The van der Waals surface area contributed by atoms with Crippen LogP contribution in [-0.4, -0.2) is 68.0 Å². The van der Waals surface area contributed by atoms with Gasteiger partial charge in [0.2, 0.25) is 17.7 Å². The predicted octanol–water partition coefficient (Wildman–Crippen LogP) is 2.71. The van der Waals surface area contributed by atoms with Crippen LogP contribution in [0, 0.1) is 11.8 Å². The third-order valence-corrected chi connectivity index (χ3v) is 9.87. The molecule has 2 aliphatic heterocycles. The summed E-state index contributed by atoms with van der Waals surface area (Å²) in [7, 11) is 0. The van der Waals surface area contributed by atoms with E-state index in [2.05, 4.69) is 36.3 Å². The highest BCUT2D eigenvalue weighted by Gasteiger charge is 2.44. The molecule has 5 unspecified atom stereocenters. The van der Waals surface area contributed by atoms with Crippen molar-refractivity contribution >= 4 is 51.0 Å². The van der Waals surface area contributed by atoms with E-state index >= 15 is 0 Å². The highest BCUT2D eigenvalue weighted by Crippen LogP contribution is 2.40. The molecule has 12 nitrogen and oxygen atoms in total. The second kappa shape index (κ2) is 13.2. The van der Waals surface area contributed by atoms with Crippen molar-refractivity contribution in [3.05, 3.63) is 70.4 Å². The molecule has 0 spiro atoms. The first kappa shape index (κ1) is 30.5. The third-order valence-electron chi connectivity index (χ3n) is 8.86. The predicted molar refractivity (Wildman–Crippen MR) is 171 cm³/mol. The molecular weight excluding hydrogens is 592 g/mol.